The van der Waals surface area contributed by atoms with Crippen LogP contribution in [-0.2, 0) is 14.3 Å². The Morgan fingerprint density at radius 2 is 2.14 bits per heavy atom. The van der Waals surface area contributed by atoms with Gasteiger partial charge in [-0.05, 0) is 61.5 Å². The van der Waals surface area contributed by atoms with Gasteiger partial charge in [0.25, 0.3) is 6.47 Å². The number of esters is 1. The Kier molecular flexibility index (Phi) is 5.92. The van der Waals surface area contributed by atoms with E-state index in [2.05, 4.69) is 27.2 Å². The van der Waals surface area contributed by atoms with Gasteiger partial charge in [-0.3, -0.25) is 14.8 Å². The summed E-state index contributed by atoms with van der Waals surface area (Å²) < 4.78 is 11.3. The molecule has 2 N–H and O–H groups in total. The fourth-order valence-corrected chi connectivity index (χ4v) is 4.40. The van der Waals surface area contributed by atoms with E-state index in [1.54, 1.807) is 0 Å². The fourth-order valence-electron chi connectivity index (χ4n) is 4.40. The highest BCUT2D eigenvalue weighted by Crippen LogP contribution is 2.31. The smallest absolute Gasteiger partial charge is 0.359 e. The third-order valence-corrected chi connectivity index (χ3v) is 5.94. The zero-order valence-corrected chi connectivity index (χ0v) is 16.2. The van der Waals surface area contributed by atoms with E-state index in [-0.39, 0.29) is 18.5 Å². The van der Waals surface area contributed by atoms with Crippen LogP contribution in [0.15, 0.2) is 24.3 Å². The summed E-state index contributed by atoms with van der Waals surface area (Å²) in [4.78, 5) is 23.5. The molecule has 0 unspecified atom stereocenters. The van der Waals surface area contributed by atoms with Crippen LogP contribution in [0.2, 0.25) is 0 Å². The van der Waals surface area contributed by atoms with E-state index in [9.17, 15) is 4.79 Å². The number of fused-ring (bicyclic) bond motifs is 4. The lowest BCUT2D eigenvalue weighted by Crippen LogP contribution is -2.51. The van der Waals surface area contributed by atoms with E-state index in [0.29, 0.717) is 18.2 Å². The minimum Gasteiger partial charge on any atom is -0.483 e. The number of H-pyrrole nitrogens is 1. The topological polar surface area (TPSA) is 105 Å². The van der Waals surface area contributed by atoms with Gasteiger partial charge in [-0.2, -0.15) is 5.10 Å². The lowest BCUT2D eigenvalue weighted by molar-refractivity contribution is -0.122. The first-order valence-electron chi connectivity index (χ1n) is 9.96. The quantitative estimate of drug-likeness (QED) is 0.603. The third kappa shape index (κ3) is 4.18. The number of nitrogens with one attached hydrogen (secondary N) is 1. The minimum absolute atomic E-state index is 0.00173. The molecule has 4 aliphatic rings. The molecule has 6 rings (SSSR count). The Labute approximate surface area is 168 Å². The summed E-state index contributed by atoms with van der Waals surface area (Å²) in [5.74, 6) is 0.185. The van der Waals surface area contributed by atoms with Gasteiger partial charge in [0.05, 0.1) is 18.7 Å². The van der Waals surface area contributed by atoms with Crippen LogP contribution in [0.5, 0.6) is 0 Å². The molecule has 1 aromatic carbocycles. The molecule has 0 amide bonds. The van der Waals surface area contributed by atoms with Gasteiger partial charge in [-0.15, -0.1) is 0 Å². The van der Waals surface area contributed by atoms with Gasteiger partial charge in [-0.1, -0.05) is 12.1 Å². The highest BCUT2D eigenvalue weighted by Gasteiger charge is 2.37. The summed E-state index contributed by atoms with van der Waals surface area (Å²) in [5, 5.41) is 14.9. The molecule has 0 saturated carbocycles. The van der Waals surface area contributed by atoms with Gasteiger partial charge >= 0.3 is 5.97 Å². The lowest BCUT2D eigenvalue weighted by Gasteiger charge is -2.43. The predicted molar refractivity (Wildman–Crippen MR) is 107 cm³/mol. The molecule has 4 aliphatic heterocycles. The van der Waals surface area contributed by atoms with Crippen molar-refractivity contribution in [3.63, 3.8) is 0 Å². The van der Waals surface area contributed by atoms with Gasteiger partial charge in [0, 0.05) is 11.9 Å². The van der Waals surface area contributed by atoms with Gasteiger partial charge in [0.15, 0.2) is 5.69 Å². The second-order valence-electron chi connectivity index (χ2n) is 7.57. The summed E-state index contributed by atoms with van der Waals surface area (Å²) in [5.41, 5.74) is 3.64. The number of aromatic nitrogens is 2. The standard InChI is InChI=1S/C20H23N3O3.CH2O2/c24-20(26-18-12-23-7-3-14(18)4-8-23)19-16-11-15(1-2-17(16)21-22-19)13-5-9-25-10-6-13;2-1-3/h1-2,5,11,14,18H,3-4,6-10,12H2,(H,21,22);1H,(H,2,3)/t18-;/m0./s1. The lowest BCUT2D eigenvalue weighted by atomic mass is 9.86. The van der Waals surface area contributed by atoms with E-state index in [0.717, 1.165) is 62.0 Å². The molecule has 2 aromatic rings. The molecule has 1 aromatic heterocycles. The average Bonchev–Trinajstić information content (AvgIpc) is 3.19. The van der Waals surface area contributed by atoms with Crippen molar-refractivity contribution < 1.29 is 24.2 Å². The summed E-state index contributed by atoms with van der Waals surface area (Å²) in [7, 11) is 0. The van der Waals surface area contributed by atoms with E-state index in [1.807, 2.05) is 12.1 Å². The van der Waals surface area contributed by atoms with E-state index in [4.69, 9.17) is 19.4 Å². The minimum atomic E-state index is -0.312. The Hall–Kier alpha value is -2.71. The average molecular weight is 399 g/mol. The Bertz CT molecular complexity index is 914. The summed E-state index contributed by atoms with van der Waals surface area (Å²) in [6.45, 7) is 4.26. The second-order valence-corrected chi connectivity index (χ2v) is 7.57. The maximum absolute atomic E-state index is 12.8. The number of nitrogens with zero attached hydrogens (tertiary/aromatic N) is 2. The first-order chi connectivity index (χ1) is 14.2. The number of ether oxygens (including phenoxy) is 2. The summed E-state index contributed by atoms with van der Waals surface area (Å²) in [6, 6.07) is 6.10. The molecule has 3 saturated heterocycles. The maximum Gasteiger partial charge on any atom is 0.359 e. The monoisotopic (exact) mass is 399 g/mol. The van der Waals surface area contributed by atoms with E-state index >= 15 is 0 Å². The van der Waals surface area contributed by atoms with Crippen LogP contribution in [-0.4, -0.2) is 71.6 Å². The molecule has 5 heterocycles. The summed E-state index contributed by atoms with van der Waals surface area (Å²) >= 11 is 0. The maximum atomic E-state index is 12.8. The highest BCUT2D eigenvalue weighted by molar-refractivity contribution is 6.02. The predicted octanol–water partition coefficient (Wildman–Crippen LogP) is 2.32. The first kappa shape index (κ1) is 19.6. The molecule has 0 spiro atoms. The number of carbonyl (C=O) groups is 2. The van der Waals surface area contributed by atoms with Gasteiger partial charge in [-0.25, -0.2) is 4.79 Å². The molecule has 1 atom stereocenters. The molecule has 29 heavy (non-hydrogen) atoms. The molecule has 8 nitrogen and oxygen atoms in total. The molecule has 0 radical (unpaired) electrons. The van der Waals surface area contributed by atoms with Gasteiger partial charge in [0.2, 0.25) is 0 Å². The van der Waals surface area contributed by atoms with Crippen LogP contribution in [0.3, 0.4) is 0 Å². The molecule has 0 aliphatic carbocycles. The van der Waals surface area contributed by atoms with Crippen LogP contribution < -0.4 is 0 Å². The second kappa shape index (κ2) is 8.75. The number of aromatic amines is 1. The van der Waals surface area contributed by atoms with E-state index in [1.165, 1.54) is 5.57 Å². The number of carbonyl (C=O) groups excluding carboxylic acids is 1. The zero-order valence-electron chi connectivity index (χ0n) is 16.2. The number of rotatable bonds is 3. The van der Waals surface area contributed by atoms with Crippen molar-refractivity contribution in [2.75, 3.05) is 32.8 Å². The number of piperidine rings is 3. The first-order valence-corrected chi connectivity index (χ1v) is 9.96. The van der Waals surface area contributed by atoms with Crippen molar-refractivity contribution in [2.45, 2.75) is 25.4 Å². The number of hydrogen-bond donors (Lipinski definition) is 2. The van der Waals surface area contributed by atoms with Gasteiger partial charge in [0.1, 0.15) is 6.10 Å². The SMILES string of the molecule is O=C(O[C@H]1CN2CCC1CC2)c1n[nH]c2ccc(C3=CCOCC3)cc12.O=CO. The Balaban J connectivity index is 0.000000645. The van der Waals surface area contributed by atoms with Crippen molar-refractivity contribution in [3.8, 4) is 0 Å². The van der Waals surface area contributed by atoms with Crippen molar-refractivity contribution in [1.82, 2.24) is 15.1 Å². The molecule has 3 fully saturated rings. The summed E-state index contributed by atoms with van der Waals surface area (Å²) in [6.07, 6.45) is 5.25. The van der Waals surface area contributed by atoms with Crippen LogP contribution in [0, 0.1) is 5.92 Å². The van der Waals surface area contributed by atoms with Crippen LogP contribution in [0.25, 0.3) is 16.5 Å². The van der Waals surface area contributed by atoms with E-state index < -0.39 is 0 Å². The highest BCUT2D eigenvalue weighted by atomic mass is 16.5. The van der Waals surface area contributed by atoms with Crippen LogP contribution >= 0.6 is 0 Å². The van der Waals surface area contributed by atoms with Gasteiger partial charge < -0.3 is 14.6 Å². The zero-order chi connectivity index (χ0) is 20.2. The molecular weight excluding hydrogens is 374 g/mol. The van der Waals surface area contributed by atoms with Crippen molar-refractivity contribution in [3.05, 3.63) is 35.5 Å². The van der Waals surface area contributed by atoms with Crippen LogP contribution in [0.1, 0.15) is 35.3 Å². The van der Waals surface area contributed by atoms with Crippen molar-refractivity contribution in [1.29, 1.82) is 0 Å². The fraction of sp³-hybridized carbons (Fsp3) is 0.476. The molecular formula is C21H25N3O5. The Morgan fingerprint density at radius 1 is 1.34 bits per heavy atom. The molecule has 154 valence electrons. The van der Waals surface area contributed by atoms with Crippen LogP contribution in [0.4, 0.5) is 0 Å². The normalized spacial score (nSPS) is 25.7. The Morgan fingerprint density at radius 3 is 2.79 bits per heavy atom. The van der Waals surface area contributed by atoms with Crippen molar-refractivity contribution >= 4 is 28.9 Å². The molecule has 8 heteroatoms. The number of hydrogen-bond acceptors (Lipinski definition) is 6. The third-order valence-electron chi connectivity index (χ3n) is 5.94. The number of benzene rings is 1. The molecule has 2 bridgehead atoms. The largest absolute Gasteiger partial charge is 0.483 e. The van der Waals surface area contributed by atoms with Crippen molar-refractivity contribution in [2.24, 2.45) is 5.92 Å². The number of carboxylic acid groups (broad SMARTS) is 1.